The summed E-state index contributed by atoms with van der Waals surface area (Å²) in [6, 6.07) is 0. The van der Waals surface area contributed by atoms with Gasteiger partial charge in [-0.05, 0) is 0 Å². The van der Waals surface area contributed by atoms with Gasteiger partial charge in [0.1, 0.15) is 0 Å². The fourth-order valence-corrected chi connectivity index (χ4v) is 19.9. The molecule has 0 nitrogen and oxygen atoms in total. The van der Waals surface area contributed by atoms with E-state index in [0.29, 0.717) is 0 Å². The van der Waals surface area contributed by atoms with Gasteiger partial charge >= 0.3 is 185 Å². The summed E-state index contributed by atoms with van der Waals surface area (Å²) in [6.07, 6.45) is 17.6. The van der Waals surface area contributed by atoms with Crippen LogP contribution in [-0.4, -0.2) is 40.4 Å². The van der Waals surface area contributed by atoms with Crippen LogP contribution in [0.25, 0.3) is 0 Å². The van der Waals surface area contributed by atoms with Crippen LogP contribution in [0, 0.1) is 0 Å². The summed E-state index contributed by atoms with van der Waals surface area (Å²) in [5.41, 5.74) is 0. The van der Waals surface area contributed by atoms with Crippen molar-refractivity contribution < 1.29 is 48.0 Å². The predicted molar refractivity (Wildman–Crippen MR) is 130 cm³/mol. The quantitative estimate of drug-likeness (QED) is 0.146. The Kier molecular flexibility index (Phi) is 47.5. The molecule has 0 N–H and O–H groups in total. The Hall–Kier alpha value is 3.10. The second kappa shape index (κ2) is 34.7. The molecule has 0 heterocycles. The van der Waals surface area contributed by atoms with E-state index in [1.54, 1.807) is 26.2 Å². The number of rotatable bonds is 18. The van der Waals surface area contributed by atoms with Crippen molar-refractivity contribution in [2.75, 3.05) is 0 Å². The molecule has 28 heavy (non-hydrogen) atoms. The van der Waals surface area contributed by atoms with Gasteiger partial charge < -0.3 is 48.0 Å². The van der Waals surface area contributed by atoms with Crippen LogP contribution in [0.5, 0.6) is 0 Å². The number of hydrogen-bond donors (Lipinski definition) is 0. The van der Waals surface area contributed by atoms with Gasteiger partial charge in [-0.3, -0.25) is 0 Å². The molecule has 0 aromatic rings. The molecule has 0 aliphatic carbocycles. The molecule has 0 spiro atoms. The van der Waals surface area contributed by atoms with E-state index in [9.17, 15) is 0 Å². The van der Waals surface area contributed by atoms with Crippen LogP contribution in [0.3, 0.4) is 0 Å². The first kappa shape index (κ1) is 38.4. The Balaban J connectivity index is -0.000000192. The molecule has 176 valence electrons. The molecule has 0 radical (unpaired) electrons. The zero-order valence-corrected chi connectivity index (χ0v) is 29.8. The third-order valence-corrected chi connectivity index (χ3v) is 21.2. The SMILES string of the molecule is CCC[CH2][Sb]([CH2]CCC)[CH2]CCC.CCC[CH2][Sb]([CH2]CCC)[CH2]CCC.[I-].[I-]. The normalized spacial score (nSPS) is 10.3. The minimum Gasteiger partial charge on any atom is -1.00 e. The molecule has 0 aromatic heterocycles. The van der Waals surface area contributed by atoms with Crippen LogP contribution >= 0.6 is 0 Å². The zero-order valence-electron chi connectivity index (χ0n) is 20.4. The van der Waals surface area contributed by atoms with Gasteiger partial charge in [0.05, 0.1) is 0 Å². The molecule has 0 saturated carbocycles. The van der Waals surface area contributed by atoms with Crippen molar-refractivity contribution in [1.29, 1.82) is 0 Å². The molecule has 0 aromatic carbocycles. The van der Waals surface area contributed by atoms with E-state index in [1.165, 1.54) is 77.0 Å². The molecule has 0 amide bonds. The monoisotopic (exact) mass is 838 g/mol. The molecule has 0 bridgehead atoms. The van der Waals surface area contributed by atoms with Crippen LogP contribution in [0.1, 0.15) is 119 Å². The Labute approximate surface area is 230 Å². The van der Waals surface area contributed by atoms with Crippen LogP contribution < -0.4 is 48.0 Å². The molecule has 0 aliphatic rings. The van der Waals surface area contributed by atoms with Gasteiger partial charge in [-0.2, -0.15) is 0 Å². The molecule has 0 aliphatic heterocycles. The molecule has 0 saturated heterocycles. The maximum Gasteiger partial charge on any atom is -1.00 e. The summed E-state index contributed by atoms with van der Waals surface area (Å²) in [5, 5.41) is 0. The van der Waals surface area contributed by atoms with Crippen molar-refractivity contribution in [2.24, 2.45) is 0 Å². The van der Waals surface area contributed by atoms with E-state index in [2.05, 4.69) is 41.5 Å². The third-order valence-electron chi connectivity index (χ3n) is 4.97. The van der Waals surface area contributed by atoms with Gasteiger partial charge in [0, 0.05) is 0 Å². The Morgan fingerprint density at radius 3 is 0.571 bits per heavy atom. The average Bonchev–Trinajstić information content (AvgIpc) is 2.67. The van der Waals surface area contributed by atoms with Gasteiger partial charge in [-0.1, -0.05) is 0 Å². The molecule has 0 fully saturated rings. The van der Waals surface area contributed by atoms with Crippen molar-refractivity contribution >= 4 is 40.4 Å². The average molecular weight is 840 g/mol. The van der Waals surface area contributed by atoms with Gasteiger partial charge in [0.15, 0.2) is 0 Å². The third kappa shape index (κ3) is 31.3. The summed E-state index contributed by atoms with van der Waals surface area (Å²) < 4.78 is 10.00. The number of unbranched alkanes of at least 4 members (excludes halogenated alkanes) is 6. The van der Waals surface area contributed by atoms with Gasteiger partial charge in [0.25, 0.3) is 0 Å². The maximum atomic E-state index is 2.33. The van der Waals surface area contributed by atoms with E-state index < -0.39 is 40.4 Å². The van der Waals surface area contributed by atoms with Crippen LogP contribution in [0.4, 0.5) is 0 Å². The van der Waals surface area contributed by atoms with Gasteiger partial charge in [0.2, 0.25) is 0 Å². The Morgan fingerprint density at radius 1 is 0.321 bits per heavy atom. The summed E-state index contributed by atoms with van der Waals surface area (Å²) in [4.78, 5) is 0. The second-order valence-corrected chi connectivity index (χ2v) is 23.1. The van der Waals surface area contributed by atoms with E-state index in [0.717, 1.165) is 0 Å². The largest absolute Gasteiger partial charge is 1.00 e. The summed E-state index contributed by atoms with van der Waals surface area (Å²) >= 11 is -1.42. The Morgan fingerprint density at radius 2 is 0.464 bits per heavy atom. The van der Waals surface area contributed by atoms with E-state index in [-0.39, 0.29) is 48.0 Å². The molecular formula is C24H54I2Sb2-2. The first-order valence-corrected chi connectivity index (χ1v) is 23.0. The first-order valence-electron chi connectivity index (χ1n) is 12.1. The second-order valence-electron chi connectivity index (χ2n) is 7.80. The van der Waals surface area contributed by atoms with Crippen LogP contribution in [0.15, 0.2) is 0 Å². The molecule has 0 unspecified atom stereocenters. The van der Waals surface area contributed by atoms with E-state index in [1.807, 2.05) is 0 Å². The van der Waals surface area contributed by atoms with E-state index >= 15 is 0 Å². The fourth-order valence-electron chi connectivity index (χ4n) is 2.96. The number of hydrogen-bond acceptors (Lipinski definition) is 0. The van der Waals surface area contributed by atoms with Crippen LogP contribution in [0.2, 0.25) is 26.2 Å². The van der Waals surface area contributed by atoms with E-state index in [4.69, 9.17) is 0 Å². The molecule has 0 rings (SSSR count). The van der Waals surface area contributed by atoms with Gasteiger partial charge in [-0.15, -0.1) is 0 Å². The summed E-state index contributed by atoms with van der Waals surface area (Å²) in [6.45, 7) is 14.0. The van der Waals surface area contributed by atoms with Crippen LogP contribution in [-0.2, 0) is 0 Å². The maximum absolute atomic E-state index is 2.33. The minimum atomic E-state index is -0.712. The van der Waals surface area contributed by atoms with Gasteiger partial charge in [-0.25, -0.2) is 0 Å². The minimum absolute atomic E-state index is 0. The van der Waals surface area contributed by atoms with Crippen molar-refractivity contribution in [2.45, 2.75) is 145 Å². The standard InChI is InChI=1S/6C4H9.2HI.2Sb/c6*1-3-4-2;;;;/h6*1,3-4H2,2H3;2*1H;;/p-2. The Bertz CT molecular complexity index is 179. The topological polar surface area (TPSA) is 0 Å². The predicted octanol–water partition coefficient (Wildman–Crippen LogP) is 3.77. The van der Waals surface area contributed by atoms with Crippen molar-refractivity contribution in [3.8, 4) is 0 Å². The van der Waals surface area contributed by atoms with Crippen molar-refractivity contribution in [3.63, 3.8) is 0 Å². The molecular weight excluding hydrogens is 786 g/mol. The number of halogens is 2. The fraction of sp³-hybridized carbons (Fsp3) is 1.00. The zero-order chi connectivity index (χ0) is 19.9. The summed E-state index contributed by atoms with van der Waals surface area (Å²) in [5.74, 6) is 0. The smallest absolute Gasteiger partial charge is 1.00 e. The van der Waals surface area contributed by atoms with Crippen molar-refractivity contribution in [3.05, 3.63) is 0 Å². The van der Waals surface area contributed by atoms with Crippen molar-refractivity contribution in [1.82, 2.24) is 0 Å². The molecule has 0 atom stereocenters. The molecule has 4 heteroatoms. The summed E-state index contributed by atoms with van der Waals surface area (Å²) in [7, 11) is 0. The first-order chi connectivity index (χ1) is 12.7.